The van der Waals surface area contributed by atoms with Crippen LogP contribution in [-0.4, -0.2) is 29.4 Å². The van der Waals surface area contributed by atoms with Gasteiger partial charge in [-0.1, -0.05) is 26.0 Å². The van der Waals surface area contributed by atoms with Crippen molar-refractivity contribution in [2.45, 2.75) is 52.1 Å². The second-order valence-electron chi connectivity index (χ2n) is 8.47. The fourth-order valence-electron chi connectivity index (χ4n) is 4.12. The molecule has 1 aliphatic heterocycles. The third-order valence-corrected chi connectivity index (χ3v) is 6.04. The predicted molar refractivity (Wildman–Crippen MR) is 125 cm³/mol. The molecule has 0 aliphatic carbocycles. The van der Waals surface area contributed by atoms with E-state index in [4.69, 9.17) is 9.47 Å². The van der Waals surface area contributed by atoms with Gasteiger partial charge in [0.25, 0.3) is 0 Å². The number of carbonyl (C=O) groups excluding carboxylic acids is 1. The molecule has 0 bridgehead atoms. The Bertz CT molecular complexity index is 1070. The summed E-state index contributed by atoms with van der Waals surface area (Å²) in [4.78, 5) is 15.8. The highest BCUT2D eigenvalue weighted by Crippen LogP contribution is 2.38. The third-order valence-electron chi connectivity index (χ3n) is 6.04. The molecule has 0 saturated carbocycles. The van der Waals surface area contributed by atoms with Gasteiger partial charge in [-0.15, -0.1) is 0 Å². The van der Waals surface area contributed by atoms with E-state index in [1.54, 1.807) is 7.11 Å². The molecule has 3 aromatic rings. The average Bonchev–Trinajstić information content (AvgIpc) is 3.29. The zero-order valence-electron chi connectivity index (χ0n) is 19.2. The molecule has 2 heterocycles. The number of nitrogens with zero attached hydrogens (tertiary/aromatic N) is 3. The second kappa shape index (κ2) is 9.47. The highest BCUT2D eigenvalue weighted by atomic mass is 16.5. The smallest absolute Gasteiger partial charge is 0.235 e. The fourth-order valence-corrected chi connectivity index (χ4v) is 4.12. The van der Waals surface area contributed by atoms with Crippen molar-refractivity contribution in [1.29, 1.82) is 0 Å². The van der Waals surface area contributed by atoms with Crippen LogP contribution >= 0.6 is 0 Å². The van der Waals surface area contributed by atoms with Crippen LogP contribution in [-0.2, 0) is 17.9 Å². The summed E-state index contributed by atoms with van der Waals surface area (Å²) < 4.78 is 13.1. The highest BCUT2D eigenvalue weighted by molar-refractivity contribution is 5.98. The Hall–Kier alpha value is -3.28. The van der Waals surface area contributed by atoms with Crippen LogP contribution in [0.1, 0.15) is 55.7 Å². The SMILES string of the molecule is CCn1cc(CN(C(=O)C2CCOc3ccc(OC)cc32)c2ccc(C(C)C)cc2)cn1. The van der Waals surface area contributed by atoms with E-state index >= 15 is 0 Å². The highest BCUT2D eigenvalue weighted by Gasteiger charge is 2.32. The Balaban J connectivity index is 1.70. The molecule has 2 aromatic carbocycles. The molecule has 4 rings (SSSR count). The van der Waals surface area contributed by atoms with Crippen LogP contribution in [0, 0.1) is 0 Å². The molecule has 6 heteroatoms. The van der Waals surface area contributed by atoms with Gasteiger partial charge < -0.3 is 14.4 Å². The Morgan fingerprint density at radius 2 is 2.03 bits per heavy atom. The minimum absolute atomic E-state index is 0.0596. The quantitative estimate of drug-likeness (QED) is 0.518. The number of hydrogen-bond donors (Lipinski definition) is 0. The van der Waals surface area contributed by atoms with Crippen molar-refractivity contribution in [2.75, 3.05) is 18.6 Å². The largest absolute Gasteiger partial charge is 0.497 e. The Morgan fingerprint density at radius 1 is 1.25 bits per heavy atom. The van der Waals surface area contributed by atoms with Crippen LogP contribution in [0.2, 0.25) is 0 Å². The maximum atomic E-state index is 14.0. The number of amides is 1. The Labute approximate surface area is 189 Å². The van der Waals surface area contributed by atoms with Crippen molar-refractivity contribution in [3.8, 4) is 11.5 Å². The van der Waals surface area contributed by atoms with Gasteiger partial charge in [-0.3, -0.25) is 9.48 Å². The molecule has 1 aliphatic rings. The molecule has 0 radical (unpaired) electrons. The molecule has 1 aromatic heterocycles. The van der Waals surface area contributed by atoms with Crippen LogP contribution in [0.25, 0.3) is 0 Å². The van der Waals surface area contributed by atoms with E-state index < -0.39 is 0 Å². The second-order valence-corrected chi connectivity index (χ2v) is 8.47. The van der Waals surface area contributed by atoms with Crippen molar-refractivity contribution >= 4 is 11.6 Å². The van der Waals surface area contributed by atoms with Crippen LogP contribution in [0.4, 0.5) is 5.69 Å². The first kappa shape index (κ1) is 21.9. The predicted octanol–water partition coefficient (Wildman–Crippen LogP) is 5.13. The first-order valence-electron chi connectivity index (χ1n) is 11.2. The molecule has 1 unspecified atom stereocenters. The van der Waals surface area contributed by atoms with Gasteiger partial charge in [0.15, 0.2) is 0 Å². The van der Waals surface area contributed by atoms with Gasteiger partial charge in [-0.2, -0.15) is 5.10 Å². The molecule has 1 amide bonds. The summed E-state index contributed by atoms with van der Waals surface area (Å²) >= 11 is 0. The molecule has 168 valence electrons. The minimum atomic E-state index is -0.292. The van der Waals surface area contributed by atoms with Crippen LogP contribution < -0.4 is 14.4 Å². The number of methoxy groups -OCH3 is 1. The number of carbonyl (C=O) groups is 1. The van der Waals surface area contributed by atoms with Gasteiger partial charge in [-0.25, -0.2) is 0 Å². The van der Waals surface area contributed by atoms with E-state index in [1.165, 1.54) is 5.56 Å². The maximum Gasteiger partial charge on any atom is 0.235 e. The zero-order chi connectivity index (χ0) is 22.7. The van der Waals surface area contributed by atoms with E-state index in [2.05, 4.69) is 38.0 Å². The topological polar surface area (TPSA) is 56.6 Å². The maximum absolute atomic E-state index is 14.0. The number of aromatic nitrogens is 2. The van der Waals surface area contributed by atoms with Gasteiger partial charge in [0.2, 0.25) is 5.91 Å². The molecule has 0 saturated heterocycles. The number of aryl methyl sites for hydroxylation is 1. The lowest BCUT2D eigenvalue weighted by Crippen LogP contribution is -2.36. The van der Waals surface area contributed by atoms with Crippen molar-refractivity contribution in [1.82, 2.24) is 9.78 Å². The molecule has 0 fully saturated rings. The first-order chi connectivity index (χ1) is 15.5. The van der Waals surface area contributed by atoms with Crippen molar-refractivity contribution in [3.05, 3.63) is 71.5 Å². The first-order valence-corrected chi connectivity index (χ1v) is 11.2. The van der Waals surface area contributed by atoms with E-state index in [-0.39, 0.29) is 11.8 Å². The summed E-state index contributed by atoms with van der Waals surface area (Å²) in [5, 5.41) is 4.39. The molecular weight excluding hydrogens is 402 g/mol. The fraction of sp³-hybridized carbons (Fsp3) is 0.385. The summed E-state index contributed by atoms with van der Waals surface area (Å²) in [6, 6.07) is 14.0. The number of hydrogen-bond acceptors (Lipinski definition) is 4. The summed E-state index contributed by atoms with van der Waals surface area (Å²) in [5.41, 5.74) is 4.03. The van der Waals surface area contributed by atoms with Gasteiger partial charge in [-0.05, 0) is 55.2 Å². The van der Waals surface area contributed by atoms with E-state index in [0.29, 0.717) is 25.5 Å². The summed E-state index contributed by atoms with van der Waals surface area (Å²) in [6.45, 7) is 8.17. The van der Waals surface area contributed by atoms with Crippen molar-refractivity contribution in [2.24, 2.45) is 0 Å². The number of fused-ring (bicyclic) bond motifs is 1. The van der Waals surface area contributed by atoms with E-state index in [0.717, 1.165) is 34.9 Å². The number of anilines is 1. The van der Waals surface area contributed by atoms with Crippen molar-refractivity contribution < 1.29 is 14.3 Å². The lowest BCUT2D eigenvalue weighted by Gasteiger charge is -2.31. The zero-order valence-corrected chi connectivity index (χ0v) is 19.2. The normalized spacial score (nSPS) is 15.2. The minimum Gasteiger partial charge on any atom is -0.497 e. The molecule has 32 heavy (non-hydrogen) atoms. The van der Waals surface area contributed by atoms with E-state index in [9.17, 15) is 4.79 Å². The van der Waals surface area contributed by atoms with E-state index in [1.807, 2.05) is 52.3 Å². The summed E-state index contributed by atoms with van der Waals surface area (Å²) in [7, 11) is 1.64. The number of ether oxygens (including phenoxy) is 2. The van der Waals surface area contributed by atoms with Gasteiger partial charge in [0, 0.05) is 29.6 Å². The molecule has 0 N–H and O–H groups in total. The monoisotopic (exact) mass is 433 g/mol. The van der Waals surface area contributed by atoms with Gasteiger partial charge >= 0.3 is 0 Å². The number of benzene rings is 2. The lowest BCUT2D eigenvalue weighted by molar-refractivity contribution is -0.120. The Kier molecular flexibility index (Phi) is 6.49. The Morgan fingerprint density at radius 3 is 2.69 bits per heavy atom. The van der Waals surface area contributed by atoms with Crippen molar-refractivity contribution in [3.63, 3.8) is 0 Å². The lowest BCUT2D eigenvalue weighted by atomic mass is 9.91. The van der Waals surface area contributed by atoms with Gasteiger partial charge in [0.05, 0.1) is 32.4 Å². The summed E-state index contributed by atoms with van der Waals surface area (Å²) in [5.74, 6) is 1.68. The van der Waals surface area contributed by atoms with Gasteiger partial charge in [0.1, 0.15) is 11.5 Å². The molecular formula is C26H31N3O3. The van der Waals surface area contributed by atoms with Crippen LogP contribution in [0.3, 0.4) is 0 Å². The standard InChI is InChI=1S/C26H31N3O3/c1-5-28-16-19(15-27-28)17-29(21-8-6-20(7-9-21)18(2)3)26(30)23-12-13-32-25-11-10-22(31-4)14-24(23)25/h6-11,14-16,18,23H,5,12-13,17H2,1-4H3. The van der Waals surface area contributed by atoms with Crippen LogP contribution in [0.15, 0.2) is 54.9 Å². The third kappa shape index (κ3) is 4.49. The number of rotatable bonds is 7. The molecule has 1 atom stereocenters. The van der Waals surface area contributed by atoms with Crippen LogP contribution in [0.5, 0.6) is 11.5 Å². The molecule has 0 spiro atoms. The molecule has 6 nitrogen and oxygen atoms in total. The summed E-state index contributed by atoms with van der Waals surface area (Å²) in [6.07, 6.45) is 4.48. The average molecular weight is 434 g/mol.